The molecule has 0 bridgehead atoms. The Morgan fingerprint density at radius 1 is 1.04 bits per heavy atom. The van der Waals surface area contributed by atoms with E-state index < -0.39 is 12.0 Å². The maximum absolute atomic E-state index is 11.9. The van der Waals surface area contributed by atoms with Crippen LogP contribution in [-0.4, -0.2) is 30.3 Å². The number of ether oxygens (including phenoxy) is 2. The Labute approximate surface area is 150 Å². The largest absolute Gasteiger partial charge is 0.493 e. The Morgan fingerprint density at radius 2 is 1.72 bits per heavy atom. The van der Waals surface area contributed by atoms with E-state index in [-0.39, 0.29) is 5.11 Å². The van der Waals surface area contributed by atoms with Gasteiger partial charge < -0.3 is 19.9 Å². The molecule has 0 radical (unpaired) electrons. The van der Waals surface area contributed by atoms with Crippen molar-refractivity contribution in [3.8, 4) is 11.5 Å². The number of nitrogens with one attached hydrogen (secondary N) is 3. The topological polar surface area (TPSA) is 91.9 Å². The van der Waals surface area contributed by atoms with E-state index in [0.717, 1.165) is 0 Å². The molecule has 0 aromatic heterocycles. The van der Waals surface area contributed by atoms with Crippen LogP contribution < -0.4 is 25.6 Å². The third-order valence-electron chi connectivity index (χ3n) is 3.30. The van der Waals surface area contributed by atoms with Crippen LogP contribution in [0.4, 0.5) is 5.69 Å². The molecule has 1 atom stereocenters. The molecule has 4 N–H and O–H groups in total. The van der Waals surface area contributed by atoms with Crippen molar-refractivity contribution in [1.29, 1.82) is 0 Å². The first kappa shape index (κ1) is 18.5. The van der Waals surface area contributed by atoms with Gasteiger partial charge in [0.25, 0.3) is 5.91 Å². The summed E-state index contributed by atoms with van der Waals surface area (Å²) < 4.78 is 10.4. The van der Waals surface area contributed by atoms with E-state index in [1.54, 1.807) is 55.6 Å². The summed E-state index contributed by atoms with van der Waals surface area (Å²) in [5, 5.41) is 13.0. The number of aliphatic hydroxyl groups is 1. The zero-order valence-corrected chi connectivity index (χ0v) is 14.6. The third-order valence-corrected chi connectivity index (χ3v) is 3.51. The summed E-state index contributed by atoms with van der Waals surface area (Å²) in [6.45, 7) is 0. The minimum absolute atomic E-state index is 0.154. The summed E-state index contributed by atoms with van der Waals surface area (Å²) in [5.74, 6) is 0.507. The number of carbonyl (C=O) groups is 1. The van der Waals surface area contributed by atoms with Crippen LogP contribution in [-0.2, 0) is 4.79 Å². The first-order chi connectivity index (χ1) is 12.0. The van der Waals surface area contributed by atoms with E-state index in [0.29, 0.717) is 22.7 Å². The number of thiocarbonyl (C=S) groups is 1. The molecule has 0 saturated carbocycles. The first-order valence-corrected chi connectivity index (χ1v) is 7.78. The highest BCUT2D eigenvalue weighted by Gasteiger charge is 2.16. The molecule has 2 aromatic carbocycles. The standard InChI is InChI=1S/C17H19N3O4S/c1-23-13-9-8-12(10-14(13)24-2)18-17(25)20-19-16(22)15(21)11-6-4-3-5-7-11/h3-10,15,21H,1-2H3,(H,19,22)(H2,18,20,25). The van der Waals surface area contributed by atoms with Crippen LogP contribution in [0, 0.1) is 0 Å². The van der Waals surface area contributed by atoms with Gasteiger partial charge in [-0.05, 0) is 29.9 Å². The monoisotopic (exact) mass is 361 g/mol. The lowest BCUT2D eigenvalue weighted by atomic mass is 10.1. The molecule has 25 heavy (non-hydrogen) atoms. The Morgan fingerprint density at radius 3 is 2.36 bits per heavy atom. The molecule has 0 heterocycles. The molecule has 0 aliphatic carbocycles. The molecular weight excluding hydrogens is 342 g/mol. The fraction of sp³-hybridized carbons (Fsp3) is 0.176. The summed E-state index contributed by atoms with van der Waals surface area (Å²) in [5.41, 5.74) is 6.02. The molecule has 2 aromatic rings. The molecular formula is C17H19N3O4S. The molecule has 0 saturated heterocycles. The molecule has 8 heteroatoms. The lowest BCUT2D eigenvalue weighted by Crippen LogP contribution is -2.45. The van der Waals surface area contributed by atoms with Gasteiger partial charge in [-0.15, -0.1) is 0 Å². The van der Waals surface area contributed by atoms with E-state index in [2.05, 4.69) is 16.2 Å². The van der Waals surface area contributed by atoms with Crippen molar-refractivity contribution in [2.45, 2.75) is 6.10 Å². The number of carbonyl (C=O) groups excluding carboxylic acids is 1. The number of amides is 1. The van der Waals surface area contributed by atoms with Crippen molar-refractivity contribution in [3.05, 3.63) is 54.1 Å². The molecule has 0 aliphatic heterocycles. The van der Waals surface area contributed by atoms with Gasteiger partial charge in [0.15, 0.2) is 22.7 Å². The summed E-state index contributed by atoms with van der Waals surface area (Å²) in [6, 6.07) is 13.8. The second-order valence-corrected chi connectivity index (χ2v) is 5.36. The highest BCUT2D eigenvalue weighted by Crippen LogP contribution is 2.29. The van der Waals surface area contributed by atoms with Crippen molar-refractivity contribution >= 4 is 28.9 Å². The van der Waals surface area contributed by atoms with Gasteiger partial charge in [0, 0.05) is 11.8 Å². The second kappa shape index (κ2) is 8.86. The number of anilines is 1. The van der Waals surface area contributed by atoms with E-state index in [9.17, 15) is 9.90 Å². The quantitative estimate of drug-likeness (QED) is 0.476. The lowest BCUT2D eigenvalue weighted by molar-refractivity contribution is -0.130. The third kappa shape index (κ3) is 5.07. The maximum atomic E-state index is 11.9. The predicted octanol–water partition coefficient (Wildman–Crippen LogP) is 1.75. The summed E-state index contributed by atoms with van der Waals surface area (Å²) >= 11 is 5.11. The molecule has 0 aliphatic rings. The van der Waals surface area contributed by atoms with Crippen LogP contribution in [0.3, 0.4) is 0 Å². The minimum atomic E-state index is -1.29. The van der Waals surface area contributed by atoms with Gasteiger partial charge in [0.2, 0.25) is 0 Å². The summed E-state index contributed by atoms with van der Waals surface area (Å²) in [7, 11) is 3.08. The number of hydrazine groups is 1. The van der Waals surface area contributed by atoms with Gasteiger partial charge in [-0.1, -0.05) is 30.3 Å². The normalized spacial score (nSPS) is 11.2. The number of aliphatic hydroxyl groups excluding tert-OH is 1. The highest BCUT2D eigenvalue weighted by atomic mass is 32.1. The summed E-state index contributed by atoms with van der Waals surface area (Å²) in [4.78, 5) is 11.9. The van der Waals surface area contributed by atoms with Crippen LogP contribution in [0.25, 0.3) is 0 Å². The zero-order valence-electron chi connectivity index (χ0n) is 13.8. The molecule has 1 amide bonds. The SMILES string of the molecule is COc1ccc(NC(=S)NNC(=O)C(O)c2ccccc2)cc1OC. The van der Waals surface area contributed by atoms with E-state index >= 15 is 0 Å². The van der Waals surface area contributed by atoms with Crippen LogP contribution in [0.15, 0.2) is 48.5 Å². The predicted molar refractivity (Wildman–Crippen MR) is 98.4 cm³/mol. The smallest absolute Gasteiger partial charge is 0.271 e. The van der Waals surface area contributed by atoms with Crippen molar-refractivity contribution in [3.63, 3.8) is 0 Å². The number of hydrogen-bond donors (Lipinski definition) is 4. The maximum Gasteiger partial charge on any atom is 0.271 e. The average molecular weight is 361 g/mol. The van der Waals surface area contributed by atoms with Crippen molar-refractivity contribution in [2.24, 2.45) is 0 Å². The van der Waals surface area contributed by atoms with Crippen molar-refractivity contribution in [1.82, 2.24) is 10.9 Å². The Hall–Kier alpha value is -2.84. The Kier molecular flexibility index (Phi) is 6.55. The van der Waals surface area contributed by atoms with Crippen molar-refractivity contribution in [2.75, 3.05) is 19.5 Å². The van der Waals surface area contributed by atoms with Gasteiger partial charge in [-0.25, -0.2) is 0 Å². The number of rotatable bonds is 5. The Balaban J connectivity index is 1.89. The lowest BCUT2D eigenvalue weighted by Gasteiger charge is -2.15. The average Bonchev–Trinajstić information content (AvgIpc) is 2.66. The molecule has 2 rings (SSSR count). The number of benzene rings is 2. The van der Waals surface area contributed by atoms with Crippen LogP contribution in [0.2, 0.25) is 0 Å². The van der Waals surface area contributed by atoms with Gasteiger partial charge in [0.1, 0.15) is 0 Å². The molecule has 1 unspecified atom stereocenters. The summed E-state index contributed by atoms with van der Waals surface area (Å²) in [6.07, 6.45) is -1.29. The van der Waals surface area contributed by atoms with Gasteiger partial charge in [0.05, 0.1) is 14.2 Å². The molecule has 7 nitrogen and oxygen atoms in total. The first-order valence-electron chi connectivity index (χ1n) is 7.37. The highest BCUT2D eigenvalue weighted by molar-refractivity contribution is 7.80. The zero-order chi connectivity index (χ0) is 18.2. The van der Waals surface area contributed by atoms with Gasteiger partial charge in [-0.2, -0.15) is 0 Å². The molecule has 0 fully saturated rings. The van der Waals surface area contributed by atoms with Crippen LogP contribution in [0.5, 0.6) is 11.5 Å². The fourth-order valence-corrected chi connectivity index (χ4v) is 2.22. The van der Waals surface area contributed by atoms with E-state index in [1.165, 1.54) is 7.11 Å². The van der Waals surface area contributed by atoms with Crippen molar-refractivity contribution < 1.29 is 19.4 Å². The van der Waals surface area contributed by atoms with Crippen LogP contribution >= 0.6 is 12.2 Å². The fourth-order valence-electron chi connectivity index (χ4n) is 2.05. The molecule has 132 valence electrons. The number of hydrogen-bond acceptors (Lipinski definition) is 5. The van der Waals surface area contributed by atoms with E-state index in [4.69, 9.17) is 21.7 Å². The minimum Gasteiger partial charge on any atom is -0.493 e. The van der Waals surface area contributed by atoms with Crippen LogP contribution in [0.1, 0.15) is 11.7 Å². The van der Waals surface area contributed by atoms with E-state index in [1.807, 2.05) is 0 Å². The van der Waals surface area contributed by atoms with Gasteiger partial charge >= 0.3 is 0 Å². The van der Waals surface area contributed by atoms with Gasteiger partial charge in [-0.3, -0.25) is 15.6 Å². The molecule has 0 spiro atoms. The number of methoxy groups -OCH3 is 2. The Bertz CT molecular complexity index is 740. The second-order valence-electron chi connectivity index (χ2n) is 4.95.